The Hall–Kier alpha value is -0.940. The minimum absolute atomic E-state index is 0.768. The third-order valence-electron chi connectivity index (χ3n) is 2.49. The number of benzene rings is 1. The molecule has 0 N–H and O–H groups in total. The zero-order valence-corrected chi connectivity index (χ0v) is 10.2. The van der Waals surface area contributed by atoms with E-state index in [4.69, 9.17) is 5.26 Å². The molecule has 1 unspecified atom stereocenters. The quantitative estimate of drug-likeness (QED) is 0.751. The van der Waals surface area contributed by atoms with Crippen LogP contribution in [-0.4, -0.2) is 5.75 Å². The molecule has 15 heavy (non-hydrogen) atoms. The van der Waals surface area contributed by atoms with Gasteiger partial charge in [0.15, 0.2) is 0 Å². The van der Waals surface area contributed by atoms with Crippen LogP contribution in [0.25, 0.3) is 0 Å². The Kier molecular flexibility index (Phi) is 5.28. The lowest BCUT2D eigenvalue weighted by Gasteiger charge is -2.08. The second-order valence-electron chi connectivity index (χ2n) is 3.80. The highest BCUT2D eigenvalue weighted by Crippen LogP contribution is 2.19. The van der Waals surface area contributed by atoms with Gasteiger partial charge in [-0.05, 0) is 23.3 Å². The van der Waals surface area contributed by atoms with E-state index in [1.807, 2.05) is 36.0 Å². The highest BCUT2D eigenvalue weighted by molar-refractivity contribution is 7.98. The average molecular weight is 219 g/mol. The minimum atomic E-state index is 0.768. The lowest BCUT2D eigenvalue weighted by atomic mass is 10.1. The number of thioether (sulfide) groups is 1. The van der Waals surface area contributed by atoms with Gasteiger partial charge in [-0.15, -0.1) is 0 Å². The Morgan fingerprint density at radius 2 is 2.13 bits per heavy atom. The fourth-order valence-corrected chi connectivity index (χ4v) is 2.47. The second kappa shape index (κ2) is 6.53. The van der Waals surface area contributed by atoms with Crippen LogP contribution in [-0.2, 0) is 5.75 Å². The van der Waals surface area contributed by atoms with Crippen molar-refractivity contribution in [3.05, 3.63) is 35.4 Å². The van der Waals surface area contributed by atoms with Crippen LogP contribution in [0.2, 0.25) is 0 Å². The van der Waals surface area contributed by atoms with E-state index in [2.05, 4.69) is 19.9 Å². The predicted molar refractivity (Wildman–Crippen MR) is 66.8 cm³/mol. The monoisotopic (exact) mass is 219 g/mol. The van der Waals surface area contributed by atoms with Crippen LogP contribution in [0.5, 0.6) is 0 Å². The molecule has 0 aromatic heterocycles. The molecular formula is C13H17NS. The summed E-state index contributed by atoms with van der Waals surface area (Å²) in [5.41, 5.74) is 1.97. The first-order chi connectivity index (χ1) is 7.27. The molecule has 0 aliphatic heterocycles. The van der Waals surface area contributed by atoms with E-state index in [1.165, 1.54) is 12.2 Å². The topological polar surface area (TPSA) is 23.8 Å². The van der Waals surface area contributed by atoms with Gasteiger partial charge in [-0.3, -0.25) is 0 Å². The number of nitriles is 1. The summed E-state index contributed by atoms with van der Waals surface area (Å²) in [6.45, 7) is 4.48. The van der Waals surface area contributed by atoms with Crippen molar-refractivity contribution in [2.24, 2.45) is 5.92 Å². The van der Waals surface area contributed by atoms with Crippen molar-refractivity contribution >= 4 is 11.8 Å². The molecule has 0 spiro atoms. The minimum Gasteiger partial charge on any atom is -0.192 e. The van der Waals surface area contributed by atoms with Crippen molar-refractivity contribution in [2.75, 3.05) is 5.75 Å². The normalized spacial score (nSPS) is 12.1. The molecule has 0 saturated heterocycles. The van der Waals surface area contributed by atoms with Gasteiger partial charge in [0.1, 0.15) is 0 Å². The van der Waals surface area contributed by atoms with Gasteiger partial charge in [0.05, 0.1) is 11.6 Å². The van der Waals surface area contributed by atoms with E-state index in [1.54, 1.807) is 0 Å². The van der Waals surface area contributed by atoms with Crippen molar-refractivity contribution < 1.29 is 0 Å². The standard InChI is InChI=1S/C13H17NS/c1-3-11(2)9-15-10-13-7-5-4-6-12(13)8-14/h4-7,11H,3,9-10H2,1-2H3. The molecule has 0 radical (unpaired) electrons. The van der Waals surface area contributed by atoms with E-state index in [0.717, 1.165) is 22.8 Å². The van der Waals surface area contributed by atoms with Crippen LogP contribution in [0.1, 0.15) is 31.4 Å². The highest BCUT2D eigenvalue weighted by Gasteiger charge is 2.02. The Balaban J connectivity index is 2.47. The molecular weight excluding hydrogens is 202 g/mol. The number of hydrogen-bond acceptors (Lipinski definition) is 2. The zero-order chi connectivity index (χ0) is 11.1. The summed E-state index contributed by atoms with van der Waals surface area (Å²) in [4.78, 5) is 0. The largest absolute Gasteiger partial charge is 0.192 e. The molecule has 1 atom stereocenters. The summed E-state index contributed by atoms with van der Waals surface area (Å²) >= 11 is 1.92. The summed E-state index contributed by atoms with van der Waals surface area (Å²) < 4.78 is 0. The molecule has 80 valence electrons. The van der Waals surface area contributed by atoms with Gasteiger partial charge in [0.2, 0.25) is 0 Å². The number of hydrogen-bond donors (Lipinski definition) is 0. The van der Waals surface area contributed by atoms with Crippen LogP contribution < -0.4 is 0 Å². The van der Waals surface area contributed by atoms with Crippen LogP contribution in [0.3, 0.4) is 0 Å². The smallest absolute Gasteiger partial charge is 0.0994 e. The van der Waals surface area contributed by atoms with Crippen LogP contribution in [0, 0.1) is 17.2 Å². The third kappa shape index (κ3) is 3.97. The van der Waals surface area contributed by atoms with Gasteiger partial charge < -0.3 is 0 Å². The van der Waals surface area contributed by atoms with Gasteiger partial charge >= 0.3 is 0 Å². The van der Waals surface area contributed by atoms with Gasteiger partial charge in [0, 0.05) is 5.75 Å². The fourth-order valence-electron chi connectivity index (χ4n) is 1.24. The van der Waals surface area contributed by atoms with Crippen molar-refractivity contribution in [1.29, 1.82) is 5.26 Å². The Morgan fingerprint density at radius 3 is 2.80 bits per heavy atom. The summed E-state index contributed by atoms with van der Waals surface area (Å²) in [5.74, 6) is 2.90. The van der Waals surface area contributed by atoms with Crippen molar-refractivity contribution in [1.82, 2.24) is 0 Å². The maximum Gasteiger partial charge on any atom is 0.0994 e. The maximum absolute atomic E-state index is 8.91. The molecule has 0 bridgehead atoms. The Morgan fingerprint density at radius 1 is 1.40 bits per heavy atom. The second-order valence-corrected chi connectivity index (χ2v) is 4.83. The molecule has 0 fully saturated rings. The number of rotatable bonds is 5. The number of nitrogens with zero attached hydrogens (tertiary/aromatic N) is 1. The average Bonchev–Trinajstić information content (AvgIpc) is 2.29. The van der Waals surface area contributed by atoms with Gasteiger partial charge in [-0.25, -0.2) is 0 Å². The van der Waals surface area contributed by atoms with E-state index >= 15 is 0 Å². The van der Waals surface area contributed by atoms with E-state index in [0.29, 0.717) is 0 Å². The first-order valence-corrected chi connectivity index (χ1v) is 6.49. The predicted octanol–water partition coefficient (Wildman–Crippen LogP) is 3.84. The molecule has 0 aliphatic rings. The van der Waals surface area contributed by atoms with Crippen LogP contribution in [0.4, 0.5) is 0 Å². The van der Waals surface area contributed by atoms with E-state index < -0.39 is 0 Å². The summed E-state index contributed by atoms with van der Waals surface area (Å²) in [6.07, 6.45) is 1.23. The van der Waals surface area contributed by atoms with E-state index in [-0.39, 0.29) is 0 Å². The zero-order valence-electron chi connectivity index (χ0n) is 9.36. The van der Waals surface area contributed by atoms with Gasteiger partial charge in [-0.1, -0.05) is 38.5 Å². The molecule has 1 rings (SSSR count). The SMILES string of the molecule is CCC(C)CSCc1ccccc1C#N. The van der Waals surface area contributed by atoms with Gasteiger partial charge in [0.25, 0.3) is 0 Å². The summed E-state index contributed by atoms with van der Waals surface area (Å²) in [5, 5.41) is 8.91. The molecule has 2 heteroatoms. The molecule has 0 heterocycles. The molecule has 0 aliphatic carbocycles. The lowest BCUT2D eigenvalue weighted by molar-refractivity contribution is 0.637. The van der Waals surface area contributed by atoms with Crippen molar-refractivity contribution in [3.8, 4) is 6.07 Å². The lowest BCUT2D eigenvalue weighted by Crippen LogP contribution is -1.96. The highest BCUT2D eigenvalue weighted by atomic mass is 32.2. The fraction of sp³-hybridized carbons (Fsp3) is 0.462. The summed E-state index contributed by atoms with van der Waals surface area (Å²) in [7, 11) is 0. The van der Waals surface area contributed by atoms with Gasteiger partial charge in [-0.2, -0.15) is 17.0 Å². The Labute approximate surface area is 96.5 Å². The first-order valence-electron chi connectivity index (χ1n) is 5.33. The van der Waals surface area contributed by atoms with Crippen molar-refractivity contribution in [3.63, 3.8) is 0 Å². The van der Waals surface area contributed by atoms with E-state index in [9.17, 15) is 0 Å². The Bertz CT molecular complexity index is 341. The third-order valence-corrected chi connectivity index (χ3v) is 3.81. The molecule has 1 nitrogen and oxygen atoms in total. The molecule has 0 saturated carbocycles. The van der Waals surface area contributed by atoms with Crippen molar-refractivity contribution in [2.45, 2.75) is 26.0 Å². The summed E-state index contributed by atoms with van der Waals surface area (Å²) in [6, 6.07) is 10.1. The first kappa shape index (κ1) is 12.1. The van der Waals surface area contributed by atoms with Crippen LogP contribution in [0.15, 0.2) is 24.3 Å². The maximum atomic E-state index is 8.91. The molecule has 1 aromatic carbocycles. The molecule has 1 aromatic rings. The van der Waals surface area contributed by atoms with Crippen LogP contribution >= 0.6 is 11.8 Å². The molecule has 0 amide bonds.